The van der Waals surface area contributed by atoms with E-state index in [1.807, 2.05) is 29.9 Å². The summed E-state index contributed by atoms with van der Waals surface area (Å²) < 4.78 is 1.86. The maximum absolute atomic E-state index is 12.4. The SMILES string of the molecule is C=CCn1ncc(C2CC(=O)Nc3cc(N4CCCC4)c(C(N)=O)cc32)c1C. The summed E-state index contributed by atoms with van der Waals surface area (Å²) in [7, 11) is 0. The smallest absolute Gasteiger partial charge is 0.250 e. The third-order valence-electron chi connectivity index (χ3n) is 5.74. The van der Waals surface area contributed by atoms with Gasteiger partial charge >= 0.3 is 0 Å². The maximum atomic E-state index is 12.4. The lowest BCUT2D eigenvalue weighted by Gasteiger charge is -2.29. The van der Waals surface area contributed by atoms with Crippen LogP contribution in [-0.4, -0.2) is 34.7 Å². The lowest BCUT2D eigenvalue weighted by Crippen LogP contribution is -2.28. The molecule has 1 aromatic carbocycles. The minimum atomic E-state index is -0.445. The minimum absolute atomic E-state index is 0.0347. The number of hydrogen-bond acceptors (Lipinski definition) is 4. The molecule has 4 rings (SSSR count). The average molecular weight is 379 g/mol. The highest BCUT2D eigenvalue weighted by Crippen LogP contribution is 2.42. The average Bonchev–Trinajstić information content (AvgIpc) is 3.31. The third kappa shape index (κ3) is 3.06. The molecular formula is C21H25N5O2. The van der Waals surface area contributed by atoms with E-state index >= 15 is 0 Å². The van der Waals surface area contributed by atoms with E-state index in [0.717, 1.165) is 54.1 Å². The molecule has 0 aliphatic carbocycles. The number of aromatic nitrogens is 2. The summed E-state index contributed by atoms with van der Waals surface area (Å²) in [5.74, 6) is -0.639. The van der Waals surface area contributed by atoms with Gasteiger partial charge in [-0.3, -0.25) is 14.3 Å². The zero-order valence-corrected chi connectivity index (χ0v) is 16.1. The van der Waals surface area contributed by atoms with E-state index in [4.69, 9.17) is 5.73 Å². The lowest BCUT2D eigenvalue weighted by molar-refractivity contribution is -0.116. The van der Waals surface area contributed by atoms with Crippen molar-refractivity contribution in [2.45, 2.75) is 38.6 Å². The van der Waals surface area contributed by atoms with E-state index in [2.05, 4.69) is 21.9 Å². The molecule has 2 aromatic rings. The molecule has 1 atom stereocenters. The van der Waals surface area contributed by atoms with E-state index < -0.39 is 5.91 Å². The van der Waals surface area contributed by atoms with Crippen molar-refractivity contribution >= 4 is 23.2 Å². The van der Waals surface area contributed by atoms with E-state index in [9.17, 15) is 9.59 Å². The van der Waals surface area contributed by atoms with Crippen molar-refractivity contribution in [2.75, 3.05) is 23.3 Å². The molecule has 0 bridgehead atoms. The number of allylic oxidation sites excluding steroid dienone is 1. The molecule has 3 heterocycles. The Kier molecular flexibility index (Phi) is 4.66. The largest absolute Gasteiger partial charge is 0.371 e. The van der Waals surface area contributed by atoms with Gasteiger partial charge in [-0.15, -0.1) is 6.58 Å². The van der Waals surface area contributed by atoms with Crippen LogP contribution < -0.4 is 16.0 Å². The second kappa shape index (κ2) is 7.14. The standard InChI is InChI=1S/C21H25N5O2/c1-3-6-26-13(2)17(12-23-26)14-10-20(27)24-18-11-19(25-7-4-5-8-25)16(21(22)28)9-15(14)18/h3,9,11-12,14H,1,4-8,10H2,2H3,(H2,22,28)(H,24,27). The van der Waals surface area contributed by atoms with Crippen LogP contribution in [0, 0.1) is 6.92 Å². The van der Waals surface area contributed by atoms with Gasteiger partial charge in [0.25, 0.3) is 5.91 Å². The Labute approximate surface area is 164 Å². The summed E-state index contributed by atoms with van der Waals surface area (Å²) in [5, 5.41) is 7.41. The summed E-state index contributed by atoms with van der Waals surface area (Å²) in [5.41, 5.74) is 10.7. The highest BCUT2D eigenvalue weighted by Gasteiger charge is 2.32. The fourth-order valence-corrected chi connectivity index (χ4v) is 4.30. The van der Waals surface area contributed by atoms with Crippen molar-refractivity contribution in [1.82, 2.24) is 9.78 Å². The number of fused-ring (bicyclic) bond motifs is 1. The van der Waals surface area contributed by atoms with Crippen molar-refractivity contribution in [3.8, 4) is 0 Å². The minimum Gasteiger partial charge on any atom is -0.371 e. The van der Waals surface area contributed by atoms with Crippen molar-refractivity contribution < 1.29 is 9.59 Å². The quantitative estimate of drug-likeness (QED) is 0.781. The molecule has 2 aliphatic heterocycles. The van der Waals surface area contributed by atoms with E-state index in [1.165, 1.54) is 0 Å². The Balaban J connectivity index is 1.83. The number of nitrogens with two attached hydrogens (primary N) is 1. The van der Waals surface area contributed by atoms with Gasteiger partial charge < -0.3 is 16.0 Å². The molecular weight excluding hydrogens is 354 g/mol. The Morgan fingerprint density at radius 2 is 2.11 bits per heavy atom. The molecule has 28 heavy (non-hydrogen) atoms. The second-order valence-electron chi connectivity index (χ2n) is 7.48. The number of hydrogen-bond donors (Lipinski definition) is 2. The predicted molar refractivity (Wildman–Crippen MR) is 109 cm³/mol. The molecule has 0 radical (unpaired) electrons. The van der Waals surface area contributed by atoms with E-state index in [1.54, 1.807) is 6.08 Å². The van der Waals surface area contributed by atoms with Crippen LogP contribution >= 0.6 is 0 Å². The summed E-state index contributed by atoms with van der Waals surface area (Å²) in [6, 6.07) is 3.77. The van der Waals surface area contributed by atoms with E-state index in [0.29, 0.717) is 18.5 Å². The first kappa shape index (κ1) is 18.3. The van der Waals surface area contributed by atoms with Gasteiger partial charge in [-0.2, -0.15) is 5.10 Å². The molecule has 7 nitrogen and oxygen atoms in total. The van der Waals surface area contributed by atoms with Crippen LogP contribution in [0.25, 0.3) is 0 Å². The van der Waals surface area contributed by atoms with Crippen LogP contribution in [0.2, 0.25) is 0 Å². The van der Waals surface area contributed by atoms with Gasteiger partial charge in [0.1, 0.15) is 0 Å². The Morgan fingerprint density at radius 1 is 1.36 bits per heavy atom. The molecule has 1 unspecified atom stereocenters. The number of nitrogens with one attached hydrogen (secondary N) is 1. The van der Waals surface area contributed by atoms with Gasteiger partial charge in [0, 0.05) is 42.4 Å². The second-order valence-corrected chi connectivity index (χ2v) is 7.48. The van der Waals surface area contributed by atoms with Crippen LogP contribution in [0.1, 0.15) is 52.4 Å². The molecule has 1 aromatic heterocycles. The number of carbonyl (C=O) groups excluding carboxylic acids is 2. The first-order valence-corrected chi connectivity index (χ1v) is 9.65. The van der Waals surface area contributed by atoms with Gasteiger partial charge in [0.15, 0.2) is 0 Å². The monoisotopic (exact) mass is 379 g/mol. The number of amides is 2. The van der Waals surface area contributed by atoms with Crippen LogP contribution in [0.5, 0.6) is 0 Å². The van der Waals surface area contributed by atoms with Crippen LogP contribution in [0.15, 0.2) is 31.0 Å². The van der Waals surface area contributed by atoms with Gasteiger partial charge in [-0.1, -0.05) is 6.08 Å². The van der Waals surface area contributed by atoms with Gasteiger partial charge in [-0.25, -0.2) is 0 Å². The molecule has 1 saturated heterocycles. The van der Waals surface area contributed by atoms with Gasteiger partial charge in [-0.05, 0) is 37.5 Å². The van der Waals surface area contributed by atoms with Gasteiger partial charge in [0.2, 0.25) is 5.91 Å². The van der Waals surface area contributed by atoms with Crippen molar-refractivity contribution in [3.05, 3.63) is 53.4 Å². The summed E-state index contributed by atoms with van der Waals surface area (Å²) in [6.07, 6.45) is 6.09. The summed E-state index contributed by atoms with van der Waals surface area (Å²) in [4.78, 5) is 26.8. The fraction of sp³-hybridized carbons (Fsp3) is 0.381. The fourth-order valence-electron chi connectivity index (χ4n) is 4.30. The molecule has 2 aliphatic rings. The van der Waals surface area contributed by atoms with Crippen LogP contribution in [0.4, 0.5) is 11.4 Å². The van der Waals surface area contributed by atoms with Crippen molar-refractivity contribution in [3.63, 3.8) is 0 Å². The molecule has 3 N–H and O–H groups in total. The number of rotatable bonds is 5. The highest BCUT2D eigenvalue weighted by molar-refractivity contribution is 6.03. The molecule has 2 amide bonds. The maximum Gasteiger partial charge on any atom is 0.250 e. The van der Waals surface area contributed by atoms with Crippen molar-refractivity contribution in [1.29, 1.82) is 0 Å². The van der Waals surface area contributed by atoms with Crippen LogP contribution in [-0.2, 0) is 11.3 Å². The Morgan fingerprint density at radius 3 is 2.79 bits per heavy atom. The topological polar surface area (TPSA) is 93.2 Å². The first-order chi connectivity index (χ1) is 13.5. The van der Waals surface area contributed by atoms with Crippen LogP contribution in [0.3, 0.4) is 0 Å². The molecule has 146 valence electrons. The third-order valence-corrected chi connectivity index (χ3v) is 5.74. The normalized spacial score (nSPS) is 18.7. The summed E-state index contributed by atoms with van der Waals surface area (Å²) >= 11 is 0. The number of nitrogens with zero attached hydrogens (tertiary/aromatic N) is 3. The molecule has 7 heteroatoms. The number of anilines is 2. The van der Waals surface area contributed by atoms with Gasteiger partial charge in [0.05, 0.1) is 24.0 Å². The summed E-state index contributed by atoms with van der Waals surface area (Å²) in [6.45, 7) is 8.15. The zero-order chi connectivity index (χ0) is 19.8. The zero-order valence-electron chi connectivity index (χ0n) is 16.1. The van der Waals surface area contributed by atoms with E-state index in [-0.39, 0.29) is 11.8 Å². The number of primary amides is 1. The number of benzene rings is 1. The highest BCUT2D eigenvalue weighted by atomic mass is 16.2. The number of carbonyl (C=O) groups is 2. The molecule has 0 saturated carbocycles. The molecule has 1 fully saturated rings. The van der Waals surface area contributed by atoms with Crippen molar-refractivity contribution in [2.24, 2.45) is 5.73 Å². The Bertz CT molecular complexity index is 956. The first-order valence-electron chi connectivity index (χ1n) is 9.65. The Hall–Kier alpha value is -3.09. The lowest BCUT2D eigenvalue weighted by atomic mass is 9.83. The molecule has 0 spiro atoms. The predicted octanol–water partition coefficient (Wildman–Crippen LogP) is 2.55.